The monoisotopic (exact) mass is 450 g/mol. The van der Waals surface area contributed by atoms with Crippen LogP contribution in [0.3, 0.4) is 0 Å². The van der Waals surface area contributed by atoms with E-state index in [9.17, 15) is 14.4 Å². The molecule has 0 aliphatic carbocycles. The van der Waals surface area contributed by atoms with Crippen molar-refractivity contribution in [2.45, 2.75) is 25.8 Å². The third-order valence-electron chi connectivity index (χ3n) is 4.79. The number of hydrogen-bond acceptors (Lipinski definition) is 6. The van der Waals surface area contributed by atoms with E-state index in [2.05, 4.69) is 20.3 Å². The van der Waals surface area contributed by atoms with Gasteiger partial charge in [-0.3, -0.25) is 19.8 Å². The maximum atomic E-state index is 12.4. The molecule has 2 aromatic rings. The highest BCUT2D eigenvalue weighted by atomic mass is 35.5. The Hall–Kier alpha value is -2.62. The fourth-order valence-electron chi connectivity index (χ4n) is 3.34. The summed E-state index contributed by atoms with van der Waals surface area (Å²) in [5, 5.41) is 6.46. The maximum Gasteiger partial charge on any atom is 0.324 e. The van der Waals surface area contributed by atoms with Crippen LogP contribution in [0.4, 0.5) is 15.5 Å². The van der Waals surface area contributed by atoms with Crippen molar-refractivity contribution < 1.29 is 19.1 Å². The SMILES string of the molecule is COC(=O)CCCN1CCc2c(sc(NC(=O)Nc3ccc(Cl)cc3)c2C(N)=O)C1. The molecule has 30 heavy (non-hydrogen) atoms. The van der Waals surface area contributed by atoms with Crippen LogP contribution in [0.1, 0.15) is 33.6 Å². The molecule has 2 heterocycles. The zero-order valence-electron chi connectivity index (χ0n) is 16.5. The van der Waals surface area contributed by atoms with Gasteiger partial charge in [0.25, 0.3) is 5.91 Å². The molecule has 0 unspecified atom stereocenters. The van der Waals surface area contributed by atoms with E-state index < -0.39 is 11.9 Å². The predicted octanol–water partition coefficient (Wildman–Crippen LogP) is 3.46. The maximum absolute atomic E-state index is 12.4. The molecule has 1 aromatic heterocycles. The summed E-state index contributed by atoms with van der Waals surface area (Å²) in [6.45, 7) is 2.14. The summed E-state index contributed by atoms with van der Waals surface area (Å²) < 4.78 is 4.67. The van der Waals surface area contributed by atoms with E-state index in [0.29, 0.717) is 47.1 Å². The molecule has 0 radical (unpaired) electrons. The zero-order valence-corrected chi connectivity index (χ0v) is 18.1. The van der Waals surface area contributed by atoms with Crippen LogP contribution in [-0.4, -0.2) is 43.0 Å². The number of nitrogens with two attached hydrogens (primary N) is 1. The van der Waals surface area contributed by atoms with Gasteiger partial charge in [0.15, 0.2) is 0 Å². The predicted molar refractivity (Wildman–Crippen MR) is 117 cm³/mol. The third kappa shape index (κ3) is 5.50. The number of carbonyl (C=O) groups is 3. The second-order valence-electron chi connectivity index (χ2n) is 6.86. The number of nitrogens with zero attached hydrogens (tertiary/aromatic N) is 1. The fourth-order valence-corrected chi connectivity index (χ4v) is 4.76. The number of primary amides is 1. The van der Waals surface area contributed by atoms with Gasteiger partial charge in [-0.2, -0.15) is 0 Å². The summed E-state index contributed by atoms with van der Waals surface area (Å²) in [7, 11) is 1.38. The van der Waals surface area contributed by atoms with Gasteiger partial charge in [-0.15, -0.1) is 11.3 Å². The van der Waals surface area contributed by atoms with Gasteiger partial charge in [-0.25, -0.2) is 4.79 Å². The van der Waals surface area contributed by atoms with Crippen molar-refractivity contribution in [1.82, 2.24) is 4.90 Å². The lowest BCUT2D eigenvalue weighted by Gasteiger charge is -2.26. The second-order valence-corrected chi connectivity index (χ2v) is 8.41. The number of carbonyl (C=O) groups excluding carboxylic acids is 3. The van der Waals surface area contributed by atoms with Crippen LogP contribution in [-0.2, 0) is 22.5 Å². The highest BCUT2D eigenvalue weighted by Crippen LogP contribution is 2.37. The number of ether oxygens (including phenoxy) is 1. The normalized spacial score (nSPS) is 13.4. The molecule has 3 amide bonds. The number of amides is 3. The molecule has 4 N–H and O–H groups in total. The average Bonchev–Trinajstić information content (AvgIpc) is 3.06. The molecule has 1 aliphatic rings. The fraction of sp³-hybridized carbons (Fsp3) is 0.350. The van der Waals surface area contributed by atoms with Crippen LogP contribution in [0.25, 0.3) is 0 Å². The van der Waals surface area contributed by atoms with Crippen molar-refractivity contribution in [2.75, 3.05) is 30.8 Å². The minimum atomic E-state index is -0.562. The lowest BCUT2D eigenvalue weighted by molar-refractivity contribution is -0.140. The first-order chi connectivity index (χ1) is 14.4. The highest BCUT2D eigenvalue weighted by Gasteiger charge is 2.27. The minimum Gasteiger partial charge on any atom is -0.469 e. The van der Waals surface area contributed by atoms with Gasteiger partial charge in [-0.1, -0.05) is 11.6 Å². The first kappa shape index (κ1) is 22.1. The lowest BCUT2D eigenvalue weighted by Crippen LogP contribution is -2.31. The van der Waals surface area contributed by atoms with E-state index in [1.165, 1.54) is 18.4 Å². The second kappa shape index (κ2) is 9.92. The van der Waals surface area contributed by atoms with Crippen LogP contribution < -0.4 is 16.4 Å². The Morgan fingerprint density at radius 1 is 1.23 bits per heavy atom. The number of benzene rings is 1. The van der Waals surface area contributed by atoms with E-state index in [1.54, 1.807) is 24.3 Å². The van der Waals surface area contributed by atoms with Gasteiger partial charge >= 0.3 is 12.0 Å². The van der Waals surface area contributed by atoms with Crippen molar-refractivity contribution >= 4 is 51.5 Å². The van der Waals surface area contributed by atoms with Gasteiger partial charge < -0.3 is 15.8 Å². The summed E-state index contributed by atoms with van der Waals surface area (Å²) in [4.78, 5) is 39.0. The number of esters is 1. The van der Waals surface area contributed by atoms with E-state index in [0.717, 1.165) is 23.5 Å². The molecule has 0 fully saturated rings. The van der Waals surface area contributed by atoms with Crippen molar-refractivity contribution in [3.8, 4) is 0 Å². The van der Waals surface area contributed by atoms with Crippen LogP contribution in [0.5, 0.6) is 0 Å². The topological polar surface area (TPSA) is 114 Å². The van der Waals surface area contributed by atoms with E-state index in [1.807, 2.05) is 0 Å². The molecule has 8 nitrogen and oxygen atoms in total. The smallest absolute Gasteiger partial charge is 0.324 e. The number of thiophene rings is 1. The largest absolute Gasteiger partial charge is 0.469 e. The van der Waals surface area contributed by atoms with E-state index >= 15 is 0 Å². The summed E-state index contributed by atoms with van der Waals surface area (Å²) in [5.41, 5.74) is 7.45. The Morgan fingerprint density at radius 3 is 2.63 bits per heavy atom. The van der Waals surface area contributed by atoms with Gasteiger partial charge in [0.2, 0.25) is 0 Å². The number of methoxy groups -OCH3 is 1. The first-order valence-electron chi connectivity index (χ1n) is 9.44. The standard InChI is InChI=1S/C20H23ClN4O4S/c1-29-16(26)3-2-9-25-10-8-14-15(11-25)30-19(17(14)18(22)27)24-20(28)23-13-6-4-12(21)5-7-13/h4-7H,2-3,8-11H2,1H3,(H2,22,27)(H2,23,24,28). The number of fused-ring (bicyclic) bond motifs is 1. The van der Waals surface area contributed by atoms with Crippen molar-refractivity contribution in [1.29, 1.82) is 0 Å². The third-order valence-corrected chi connectivity index (χ3v) is 6.18. The highest BCUT2D eigenvalue weighted by molar-refractivity contribution is 7.17. The van der Waals surface area contributed by atoms with Crippen LogP contribution in [0.15, 0.2) is 24.3 Å². The van der Waals surface area contributed by atoms with Gasteiger partial charge in [0.1, 0.15) is 5.00 Å². The zero-order chi connectivity index (χ0) is 21.7. The Bertz CT molecular complexity index is 945. The summed E-state index contributed by atoms with van der Waals surface area (Å²) in [6, 6.07) is 6.24. The minimum absolute atomic E-state index is 0.224. The first-order valence-corrected chi connectivity index (χ1v) is 10.6. The Kier molecular flexibility index (Phi) is 7.30. The van der Waals surface area contributed by atoms with Gasteiger partial charge in [0, 0.05) is 35.1 Å². The number of anilines is 2. The number of nitrogens with one attached hydrogen (secondary N) is 2. The average molecular weight is 451 g/mol. The number of halogens is 1. The molecule has 0 saturated heterocycles. The molecular weight excluding hydrogens is 428 g/mol. The van der Waals surface area contributed by atoms with Crippen molar-refractivity contribution in [2.24, 2.45) is 5.73 Å². The lowest BCUT2D eigenvalue weighted by atomic mass is 10.0. The van der Waals surface area contributed by atoms with Crippen LogP contribution >= 0.6 is 22.9 Å². The Balaban J connectivity index is 1.67. The number of rotatable bonds is 7. The number of urea groups is 1. The number of hydrogen-bond donors (Lipinski definition) is 3. The summed E-state index contributed by atoms with van der Waals surface area (Å²) in [5.74, 6) is -0.786. The molecule has 0 spiro atoms. The Labute approximate surface area is 183 Å². The molecule has 0 bridgehead atoms. The van der Waals surface area contributed by atoms with E-state index in [-0.39, 0.29) is 5.97 Å². The van der Waals surface area contributed by atoms with Gasteiger partial charge in [-0.05, 0) is 49.2 Å². The Morgan fingerprint density at radius 2 is 1.97 bits per heavy atom. The summed E-state index contributed by atoms with van der Waals surface area (Å²) >= 11 is 7.21. The molecule has 3 rings (SSSR count). The van der Waals surface area contributed by atoms with Crippen LogP contribution in [0.2, 0.25) is 5.02 Å². The van der Waals surface area contributed by atoms with E-state index in [4.69, 9.17) is 17.3 Å². The summed E-state index contributed by atoms with van der Waals surface area (Å²) in [6.07, 6.45) is 1.72. The molecule has 160 valence electrons. The van der Waals surface area contributed by atoms with Crippen molar-refractivity contribution in [3.63, 3.8) is 0 Å². The molecule has 1 aromatic carbocycles. The molecule has 10 heteroatoms. The molecule has 0 atom stereocenters. The van der Waals surface area contributed by atoms with Gasteiger partial charge in [0.05, 0.1) is 12.7 Å². The molecule has 0 saturated carbocycles. The molecule has 1 aliphatic heterocycles. The quantitative estimate of drug-likeness (QED) is 0.559. The molecular formula is C20H23ClN4O4S. The van der Waals surface area contributed by atoms with Crippen LogP contribution in [0, 0.1) is 0 Å². The van der Waals surface area contributed by atoms with Crippen molar-refractivity contribution in [3.05, 3.63) is 45.3 Å².